The number of hydrogen-bond donors (Lipinski definition) is 1. The number of aromatic hydroxyl groups is 1. The van der Waals surface area contributed by atoms with Crippen LogP contribution in [-0.2, 0) is 7.80 Å². The molecule has 0 radical (unpaired) electrons. The summed E-state index contributed by atoms with van der Waals surface area (Å²) in [7, 11) is 0. The summed E-state index contributed by atoms with van der Waals surface area (Å²) in [5, 5.41) is 9.84. The Kier molecular flexibility index (Phi) is 7.90. The van der Waals surface area contributed by atoms with Gasteiger partial charge in [-0.2, -0.15) is 0 Å². The van der Waals surface area contributed by atoms with Crippen molar-refractivity contribution < 1.29 is 34.6 Å². The standard InChI is InChI=1S/C30H30FIO7/c31-24-17-23(39-32-14-2-4-16-36-32)18-25-28(24)29(34)27(30(38-25)20-6-10-21(33)11-7-20)19-8-12-22(13-9-19)37-26-5-1-3-15-35-26/h6-13,17-18,26-27,30,33H,1-5,14-16H2. The summed E-state index contributed by atoms with van der Waals surface area (Å²) < 4.78 is 46.1. The molecule has 3 aromatic rings. The van der Waals surface area contributed by atoms with Crippen LogP contribution >= 0.6 is 20.6 Å². The molecule has 3 aromatic carbocycles. The third kappa shape index (κ3) is 5.85. The molecule has 3 atom stereocenters. The number of phenolic OH excluding ortho intramolecular Hbond substituents is 1. The number of ketones is 1. The first kappa shape index (κ1) is 26.3. The molecule has 0 aromatic heterocycles. The van der Waals surface area contributed by atoms with Gasteiger partial charge in [-0.05, 0) is 12.8 Å². The first-order chi connectivity index (χ1) is 19.0. The third-order valence-corrected chi connectivity index (χ3v) is 10.8. The minimum absolute atomic E-state index is 0.0910. The molecular formula is C30H30FIO7. The van der Waals surface area contributed by atoms with E-state index in [1.54, 1.807) is 42.5 Å². The van der Waals surface area contributed by atoms with E-state index in [4.69, 9.17) is 20.3 Å². The van der Waals surface area contributed by atoms with Gasteiger partial charge in [0.05, 0.1) is 6.61 Å². The Morgan fingerprint density at radius 1 is 0.897 bits per heavy atom. The van der Waals surface area contributed by atoms with Crippen LogP contribution in [0.5, 0.6) is 23.0 Å². The Morgan fingerprint density at radius 2 is 1.67 bits per heavy atom. The molecule has 0 amide bonds. The molecule has 0 spiro atoms. The molecule has 0 bridgehead atoms. The SMILES string of the molecule is O=C1c2c(F)cc(OI3CCCCO3)cc2OC(c2ccc(O)cc2)C1c1ccc(OC2CCCCO2)cc1. The number of alkyl halides is 1. The number of phenols is 1. The van der Waals surface area contributed by atoms with Crippen molar-refractivity contribution in [3.63, 3.8) is 0 Å². The molecule has 6 rings (SSSR count). The Balaban J connectivity index is 1.32. The number of Topliss-reactive ketones (excluding diaryl/α,β-unsaturated/α-hetero) is 1. The van der Waals surface area contributed by atoms with Crippen molar-refractivity contribution in [3.05, 3.63) is 83.2 Å². The predicted molar refractivity (Wildman–Crippen MR) is 150 cm³/mol. The molecule has 3 unspecified atom stereocenters. The Labute approximate surface area is 234 Å². The van der Waals surface area contributed by atoms with E-state index in [1.165, 1.54) is 6.07 Å². The molecule has 1 N–H and O–H groups in total. The van der Waals surface area contributed by atoms with Gasteiger partial charge >= 0.3 is 198 Å². The van der Waals surface area contributed by atoms with E-state index in [9.17, 15) is 9.90 Å². The molecule has 39 heavy (non-hydrogen) atoms. The van der Waals surface area contributed by atoms with E-state index in [-0.39, 0.29) is 29.1 Å². The van der Waals surface area contributed by atoms with Crippen molar-refractivity contribution in [2.24, 2.45) is 0 Å². The number of carbonyl (C=O) groups excluding carboxylic acids is 1. The second-order valence-corrected chi connectivity index (χ2v) is 13.5. The molecule has 7 nitrogen and oxygen atoms in total. The molecule has 2 fully saturated rings. The zero-order chi connectivity index (χ0) is 26.8. The van der Waals surface area contributed by atoms with E-state index < -0.39 is 38.5 Å². The summed E-state index contributed by atoms with van der Waals surface area (Å²) in [5.41, 5.74) is 1.27. The van der Waals surface area contributed by atoms with Gasteiger partial charge in [0.1, 0.15) is 0 Å². The maximum atomic E-state index is 15.5. The summed E-state index contributed by atoms with van der Waals surface area (Å²) in [6, 6.07) is 16.6. The first-order valence-corrected chi connectivity index (χ1v) is 16.5. The molecule has 206 valence electrons. The number of ether oxygens (including phenoxy) is 3. The Bertz CT molecular complexity index is 1300. The van der Waals surface area contributed by atoms with Crippen LogP contribution < -0.4 is 12.5 Å². The predicted octanol–water partition coefficient (Wildman–Crippen LogP) is 7.06. The van der Waals surface area contributed by atoms with Crippen molar-refractivity contribution in [1.29, 1.82) is 0 Å². The molecule has 3 aliphatic rings. The zero-order valence-electron chi connectivity index (χ0n) is 21.3. The molecule has 3 heterocycles. The van der Waals surface area contributed by atoms with Crippen molar-refractivity contribution in [3.8, 4) is 23.0 Å². The van der Waals surface area contributed by atoms with E-state index >= 15 is 4.39 Å². The van der Waals surface area contributed by atoms with Crippen molar-refractivity contribution in [1.82, 2.24) is 0 Å². The van der Waals surface area contributed by atoms with Crippen LogP contribution in [0.1, 0.15) is 65.6 Å². The van der Waals surface area contributed by atoms with Crippen LogP contribution in [-0.4, -0.2) is 34.8 Å². The van der Waals surface area contributed by atoms with E-state index in [2.05, 4.69) is 0 Å². The van der Waals surface area contributed by atoms with E-state index in [0.717, 1.165) is 36.5 Å². The molecule has 0 aliphatic carbocycles. The Hall–Kier alpha value is -2.89. The van der Waals surface area contributed by atoms with Gasteiger partial charge in [-0.1, -0.05) is 0 Å². The number of carbonyl (C=O) groups is 1. The number of halogens is 2. The van der Waals surface area contributed by atoms with Crippen molar-refractivity contribution in [2.45, 2.75) is 50.4 Å². The quantitative estimate of drug-likeness (QED) is 0.226. The van der Waals surface area contributed by atoms with Crippen molar-refractivity contribution in [2.75, 3.05) is 17.6 Å². The van der Waals surface area contributed by atoms with Crippen LogP contribution in [0.3, 0.4) is 0 Å². The third-order valence-electron chi connectivity index (χ3n) is 7.04. The number of benzene rings is 3. The second kappa shape index (κ2) is 11.7. The fraction of sp³-hybridized carbons (Fsp3) is 0.367. The first-order valence-electron chi connectivity index (χ1n) is 13.2. The zero-order valence-corrected chi connectivity index (χ0v) is 23.5. The van der Waals surface area contributed by atoms with Gasteiger partial charge in [-0.15, -0.1) is 0 Å². The van der Waals surface area contributed by atoms with Gasteiger partial charge in [0.2, 0.25) is 0 Å². The topological polar surface area (TPSA) is 83.5 Å². The number of fused-ring (bicyclic) bond motifs is 1. The monoisotopic (exact) mass is 648 g/mol. The fourth-order valence-corrected chi connectivity index (χ4v) is 8.50. The van der Waals surface area contributed by atoms with Gasteiger partial charge in [0.15, 0.2) is 6.29 Å². The summed E-state index contributed by atoms with van der Waals surface area (Å²) in [5.74, 6) is -0.657. The van der Waals surface area contributed by atoms with Crippen molar-refractivity contribution >= 4 is 26.4 Å². The second-order valence-electron chi connectivity index (χ2n) is 9.80. The average molecular weight is 648 g/mol. The summed E-state index contributed by atoms with van der Waals surface area (Å²) >= 11 is -2.13. The van der Waals surface area contributed by atoms with Crippen LogP contribution in [0.15, 0.2) is 60.7 Å². The molecule has 3 aliphatic heterocycles. The minimum atomic E-state index is -2.13. The van der Waals surface area contributed by atoms with Gasteiger partial charge in [-0.3, -0.25) is 0 Å². The van der Waals surface area contributed by atoms with Gasteiger partial charge < -0.3 is 4.74 Å². The molecule has 9 heteroatoms. The maximum absolute atomic E-state index is 15.5. The van der Waals surface area contributed by atoms with Crippen LogP contribution in [0.4, 0.5) is 4.39 Å². The van der Waals surface area contributed by atoms with Gasteiger partial charge in [0.25, 0.3) is 0 Å². The van der Waals surface area contributed by atoms with E-state index in [1.807, 2.05) is 12.1 Å². The number of rotatable bonds is 6. The van der Waals surface area contributed by atoms with Gasteiger partial charge in [-0.25, -0.2) is 0 Å². The Morgan fingerprint density at radius 3 is 2.38 bits per heavy atom. The van der Waals surface area contributed by atoms with Gasteiger partial charge in [0, 0.05) is 6.42 Å². The summed E-state index contributed by atoms with van der Waals surface area (Å²) in [6.45, 7) is 1.34. The molecule has 2 saturated heterocycles. The van der Waals surface area contributed by atoms with E-state index in [0.29, 0.717) is 35.8 Å². The molecular weight excluding hydrogens is 618 g/mol. The van der Waals surface area contributed by atoms with Crippen LogP contribution in [0, 0.1) is 5.82 Å². The van der Waals surface area contributed by atoms with Crippen LogP contribution in [0.25, 0.3) is 0 Å². The molecule has 0 saturated carbocycles. The normalized spacial score (nSPS) is 24.0. The number of hydrogen-bond acceptors (Lipinski definition) is 7. The van der Waals surface area contributed by atoms with Crippen LogP contribution in [0.2, 0.25) is 0 Å². The fourth-order valence-electron chi connectivity index (χ4n) is 5.05. The summed E-state index contributed by atoms with van der Waals surface area (Å²) in [6.07, 6.45) is 3.94. The summed E-state index contributed by atoms with van der Waals surface area (Å²) in [4.78, 5) is 13.9. The average Bonchev–Trinajstić information content (AvgIpc) is 2.95.